The topological polar surface area (TPSA) is 38.0 Å². The molecule has 0 heterocycles. The van der Waals surface area contributed by atoms with Crippen LogP contribution >= 0.6 is 0 Å². The molecule has 0 aliphatic heterocycles. The molecule has 0 radical (unpaired) electrons. The molecule has 0 aromatic rings. The van der Waals surface area contributed by atoms with Gasteiger partial charge in [0.1, 0.15) is 0 Å². The van der Waals surface area contributed by atoms with Gasteiger partial charge in [-0.15, -0.1) is 0 Å². The van der Waals surface area contributed by atoms with Gasteiger partial charge in [0.2, 0.25) is 0 Å². The van der Waals surface area contributed by atoms with Crippen LogP contribution in [0, 0.1) is 0 Å². The molecular formula is C11H24N2. The first-order valence-electron chi connectivity index (χ1n) is 5.82. The van der Waals surface area contributed by atoms with Crippen LogP contribution in [0.2, 0.25) is 0 Å². The zero-order valence-electron chi connectivity index (χ0n) is 8.89. The van der Waals surface area contributed by atoms with E-state index < -0.39 is 0 Å². The summed E-state index contributed by atoms with van der Waals surface area (Å²) in [6.45, 7) is 3.32. The second-order valence-corrected chi connectivity index (χ2v) is 4.27. The van der Waals surface area contributed by atoms with Gasteiger partial charge in [-0.1, -0.05) is 26.2 Å². The van der Waals surface area contributed by atoms with E-state index in [9.17, 15) is 0 Å². The SMILES string of the molecule is CCCC(N)CCNC1CCCC1. The van der Waals surface area contributed by atoms with Gasteiger partial charge in [0.05, 0.1) is 0 Å². The summed E-state index contributed by atoms with van der Waals surface area (Å²) in [7, 11) is 0. The van der Waals surface area contributed by atoms with E-state index in [2.05, 4.69) is 12.2 Å². The Balaban J connectivity index is 1.93. The van der Waals surface area contributed by atoms with Gasteiger partial charge in [-0.25, -0.2) is 0 Å². The first kappa shape index (κ1) is 11.0. The molecule has 0 bridgehead atoms. The third-order valence-electron chi connectivity index (χ3n) is 2.96. The maximum absolute atomic E-state index is 5.93. The summed E-state index contributed by atoms with van der Waals surface area (Å²) in [6.07, 6.45) is 9.12. The van der Waals surface area contributed by atoms with E-state index in [1.165, 1.54) is 38.5 Å². The highest BCUT2D eigenvalue weighted by Crippen LogP contribution is 2.17. The van der Waals surface area contributed by atoms with Crippen LogP contribution in [0.5, 0.6) is 0 Å². The highest BCUT2D eigenvalue weighted by Gasteiger charge is 2.13. The molecule has 2 nitrogen and oxygen atoms in total. The molecule has 78 valence electrons. The zero-order valence-corrected chi connectivity index (χ0v) is 8.89. The Kier molecular flexibility index (Phi) is 5.40. The van der Waals surface area contributed by atoms with Crippen LogP contribution in [-0.2, 0) is 0 Å². The number of hydrogen-bond acceptors (Lipinski definition) is 2. The van der Waals surface area contributed by atoms with Gasteiger partial charge in [-0.2, -0.15) is 0 Å². The van der Waals surface area contributed by atoms with Crippen LogP contribution in [0.3, 0.4) is 0 Å². The van der Waals surface area contributed by atoms with Crippen molar-refractivity contribution in [2.75, 3.05) is 6.54 Å². The summed E-state index contributed by atoms with van der Waals surface area (Å²) < 4.78 is 0. The average Bonchev–Trinajstić information content (AvgIpc) is 2.57. The van der Waals surface area contributed by atoms with Gasteiger partial charge in [-0.05, 0) is 32.2 Å². The molecule has 0 saturated heterocycles. The standard InChI is InChI=1S/C11H24N2/c1-2-5-10(12)8-9-13-11-6-3-4-7-11/h10-11,13H,2-9,12H2,1H3. The minimum Gasteiger partial charge on any atom is -0.328 e. The van der Waals surface area contributed by atoms with Crippen LogP contribution in [0.15, 0.2) is 0 Å². The van der Waals surface area contributed by atoms with Crippen LogP contribution in [0.25, 0.3) is 0 Å². The van der Waals surface area contributed by atoms with Gasteiger partial charge in [0, 0.05) is 12.1 Å². The molecule has 1 fully saturated rings. The van der Waals surface area contributed by atoms with Gasteiger partial charge in [0.15, 0.2) is 0 Å². The fraction of sp³-hybridized carbons (Fsp3) is 1.00. The maximum Gasteiger partial charge on any atom is 0.00670 e. The van der Waals surface area contributed by atoms with Crippen molar-refractivity contribution in [1.82, 2.24) is 5.32 Å². The lowest BCUT2D eigenvalue weighted by Crippen LogP contribution is -2.31. The second kappa shape index (κ2) is 6.39. The largest absolute Gasteiger partial charge is 0.328 e. The van der Waals surface area contributed by atoms with Crippen molar-refractivity contribution in [2.45, 2.75) is 64.0 Å². The lowest BCUT2D eigenvalue weighted by atomic mass is 10.1. The van der Waals surface area contributed by atoms with Gasteiger partial charge in [-0.3, -0.25) is 0 Å². The third-order valence-corrected chi connectivity index (χ3v) is 2.96. The summed E-state index contributed by atoms with van der Waals surface area (Å²) >= 11 is 0. The molecule has 0 amide bonds. The van der Waals surface area contributed by atoms with Gasteiger partial charge >= 0.3 is 0 Å². The smallest absolute Gasteiger partial charge is 0.00670 e. The van der Waals surface area contributed by atoms with E-state index in [0.29, 0.717) is 6.04 Å². The minimum atomic E-state index is 0.416. The van der Waals surface area contributed by atoms with Crippen molar-refractivity contribution < 1.29 is 0 Å². The van der Waals surface area contributed by atoms with E-state index >= 15 is 0 Å². The molecule has 3 N–H and O–H groups in total. The maximum atomic E-state index is 5.93. The lowest BCUT2D eigenvalue weighted by Gasteiger charge is -2.14. The monoisotopic (exact) mass is 184 g/mol. The lowest BCUT2D eigenvalue weighted by molar-refractivity contribution is 0.473. The predicted octanol–water partition coefficient (Wildman–Crippen LogP) is 2.04. The molecule has 1 saturated carbocycles. The van der Waals surface area contributed by atoms with Crippen molar-refractivity contribution in [1.29, 1.82) is 0 Å². The van der Waals surface area contributed by atoms with Crippen LogP contribution in [-0.4, -0.2) is 18.6 Å². The highest BCUT2D eigenvalue weighted by atomic mass is 14.9. The van der Waals surface area contributed by atoms with Crippen LogP contribution in [0.4, 0.5) is 0 Å². The first-order chi connectivity index (χ1) is 6.33. The summed E-state index contributed by atoms with van der Waals surface area (Å²) in [4.78, 5) is 0. The fourth-order valence-electron chi connectivity index (χ4n) is 2.12. The van der Waals surface area contributed by atoms with Crippen molar-refractivity contribution >= 4 is 0 Å². The highest BCUT2D eigenvalue weighted by molar-refractivity contribution is 4.74. The predicted molar refractivity (Wildman–Crippen MR) is 57.8 cm³/mol. The Hall–Kier alpha value is -0.0800. The average molecular weight is 184 g/mol. The zero-order chi connectivity index (χ0) is 9.52. The molecule has 1 unspecified atom stereocenters. The molecule has 1 rings (SSSR count). The molecule has 0 aromatic heterocycles. The molecular weight excluding hydrogens is 160 g/mol. The van der Waals surface area contributed by atoms with Crippen molar-refractivity contribution in [3.05, 3.63) is 0 Å². The second-order valence-electron chi connectivity index (χ2n) is 4.27. The molecule has 0 spiro atoms. The molecule has 0 aromatic carbocycles. The first-order valence-corrected chi connectivity index (χ1v) is 5.82. The van der Waals surface area contributed by atoms with Crippen molar-refractivity contribution in [3.8, 4) is 0 Å². The van der Waals surface area contributed by atoms with Crippen LogP contribution < -0.4 is 11.1 Å². The normalized spacial score (nSPS) is 20.8. The molecule has 1 aliphatic rings. The summed E-state index contributed by atoms with van der Waals surface area (Å²) in [6, 6.07) is 1.22. The van der Waals surface area contributed by atoms with E-state index in [4.69, 9.17) is 5.73 Å². The Morgan fingerprint density at radius 3 is 2.62 bits per heavy atom. The van der Waals surface area contributed by atoms with Crippen molar-refractivity contribution in [2.24, 2.45) is 5.73 Å². The fourth-order valence-corrected chi connectivity index (χ4v) is 2.12. The van der Waals surface area contributed by atoms with E-state index in [1.54, 1.807) is 0 Å². The molecule has 1 aliphatic carbocycles. The Morgan fingerprint density at radius 1 is 1.31 bits per heavy atom. The molecule has 2 heteroatoms. The summed E-state index contributed by atoms with van der Waals surface area (Å²) in [5.74, 6) is 0. The third kappa shape index (κ3) is 4.63. The number of rotatable bonds is 6. The minimum absolute atomic E-state index is 0.416. The quantitative estimate of drug-likeness (QED) is 0.663. The van der Waals surface area contributed by atoms with Gasteiger partial charge < -0.3 is 11.1 Å². The summed E-state index contributed by atoms with van der Waals surface area (Å²) in [5, 5.41) is 3.59. The number of hydrogen-bond donors (Lipinski definition) is 2. The molecule has 1 atom stereocenters. The van der Waals surface area contributed by atoms with E-state index in [0.717, 1.165) is 19.0 Å². The Labute approximate surface area is 82.3 Å². The number of nitrogens with two attached hydrogens (primary N) is 1. The van der Waals surface area contributed by atoms with E-state index in [-0.39, 0.29) is 0 Å². The van der Waals surface area contributed by atoms with Crippen LogP contribution in [0.1, 0.15) is 51.9 Å². The molecule has 13 heavy (non-hydrogen) atoms. The van der Waals surface area contributed by atoms with Crippen molar-refractivity contribution in [3.63, 3.8) is 0 Å². The van der Waals surface area contributed by atoms with Gasteiger partial charge in [0.25, 0.3) is 0 Å². The Bertz CT molecular complexity index is 119. The number of nitrogens with one attached hydrogen (secondary N) is 1. The Morgan fingerprint density at radius 2 is 2.00 bits per heavy atom. The summed E-state index contributed by atoms with van der Waals surface area (Å²) in [5.41, 5.74) is 5.93. The van der Waals surface area contributed by atoms with E-state index in [1.807, 2.05) is 0 Å².